The molecule has 0 unspecified atom stereocenters. The SMILES string of the molecule is COCCCNC(=O)CN(C)C(=O)c1cc(C)c(OCC(=O)O)c(C)c1. The molecule has 0 spiro atoms. The second-order valence-electron chi connectivity index (χ2n) is 5.98. The predicted molar refractivity (Wildman–Crippen MR) is 95.5 cm³/mol. The lowest BCUT2D eigenvalue weighted by Crippen LogP contribution is -2.38. The monoisotopic (exact) mass is 366 g/mol. The van der Waals surface area contributed by atoms with Crippen molar-refractivity contribution >= 4 is 17.8 Å². The summed E-state index contributed by atoms with van der Waals surface area (Å²) in [7, 11) is 3.15. The molecular weight excluding hydrogens is 340 g/mol. The van der Waals surface area contributed by atoms with Crippen LogP contribution in [-0.2, 0) is 14.3 Å². The Labute approximate surface area is 153 Å². The molecule has 2 N–H and O–H groups in total. The molecule has 0 saturated carbocycles. The van der Waals surface area contributed by atoms with Gasteiger partial charge in [-0.3, -0.25) is 9.59 Å². The molecule has 0 heterocycles. The summed E-state index contributed by atoms with van der Waals surface area (Å²) in [6, 6.07) is 3.25. The number of nitrogens with zero attached hydrogens (tertiary/aromatic N) is 1. The number of nitrogens with one attached hydrogen (secondary N) is 1. The fourth-order valence-electron chi connectivity index (χ4n) is 2.44. The van der Waals surface area contributed by atoms with Crippen molar-refractivity contribution in [3.05, 3.63) is 28.8 Å². The van der Waals surface area contributed by atoms with Gasteiger partial charge in [-0.15, -0.1) is 0 Å². The Kier molecular flexibility index (Phi) is 8.57. The molecule has 0 radical (unpaired) electrons. The van der Waals surface area contributed by atoms with Crippen LogP contribution in [0.15, 0.2) is 12.1 Å². The van der Waals surface area contributed by atoms with Gasteiger partial charge in [0.2, 0.25) is 5.91 Å². The van der Waals surface area contributed by atoms with Crippen LogP contribution >= 0.6 is 0 Å². The maximum atomic E-state index is 12.5. The topological polar surface area (TPSA) is 105 Å². The van der Waals surface area contributed by atoms with E-state index in [2.05, 4.69) is 5.32 Å². The zero-order chi connectivity index (χ0) is 19.7. The van der Waals surface area contributed by atoms with E-state index in [4.69, 9.17) is 14.6 Å². The van der Waals surface area contributed by atoms with Crippen LogP contribution in [0.2, 0.25) is 0 Å². The fraction of sp³-hybridized carbons (Fsp3) is 0.500. The number of carboxylic acid groups (broad SMARTS) is 1. The first-order valence-electron chi connectivity index (χ1n) is 8.23. The average molecular weight is 366 g/mol. The molecule has 0 aliphatic rings. The molecule has 0 aliphatic carbocycles. The maximum absolute atomic E-state index is 12.5. The molecule has 26 heavy (non-hydrogen) atoms. The summed E-state index contributed by atoms with van der Waals surface area (Å²) < 4.78 is 10.2. The van der Waals surface area contributed by atoms with Crippen molar-refractivity contribution < 1.29 is 29.0 Å². The molecule has 144 valence electrons. The lowest BCUT2D eigenvalue weighted by atomic mass is 10.0. The first kappa shape index (κ1) is 21.4. The second kappa shape index (κ2) is 10.4. The van der Waals surface area contributed by atoms with Crippen LogP contribution in [0, 0.1) is 13.8 Å². The van der Waals surface area contributed by atoms with Crippen molar-refractivity contribution in [3.8, 4) is 5.75 Å². The van der Waals surface area contributed by atoms with Crippen LogP contribution in [0.5, 0.6) is 5.75 Å². The van der Waals surface area contributed by atoms with Gasteiger partial charge in [-0.2, -0.15) is 0 Å². The van der Waals surface area contributed by atoms with Crippen LogP contribution in [0.25, 0.3) is 0 Å². The Morgan fingerprint density at radius 2 is 1.81 bits per heavy atom. The minimum absolute atomic E-state index is 0.0544. The molecule has 0 aliphatic heterocycles. The Morgan fingerprint density at radius 1 is 1.19 bits per heavy atom. The number of hydrogen-bond donors (Lipinski definition) is 2. The number of aliphatic carboxylic acids is 1. The van der Waals surface area contributed by atoms with E-state index in [1.807, 2.05) is 0 Å². The molecule has 8 heteroatoms. The van der Waals surface area contributed by atoms with Crippen molar-refractivity contribution in [2.45, 2.75) is 20.3 Å². The normalized spacial score (nSPS) is 10.3. The van der Waals surface area contributed by atoms with Gasteiger partial charge in [0.1, 0.15) is 5.75 Å². The molecule has 1 aromatic rings. The number of rotatable bonds is 10. The van der Waals surface area contributed by atoms with E-state index in [0.29, 0.717) is 42.0 Å². The number of aryl methyl sites for hydroxylation is 2. The first-order valence-corrected chi connectivity index (χ1v) is 8.23. The third kappa shape index (κ3) is 6.72. The number of carbonyl (C=O) groups excluding carboxylic acids is 2. The van der Waals surface area contributed by atoms with Crippen LogP contribution in [-0.4, -0.2) is 68.3 Å². The summed E-state index contributed by atoms with van der Waals surface area (Å²) in [4.78, 5) is 36.4. The van der Waals surface area contributed by atoms with Crippen molar-refractivity contribution in [1.29, 1.82) is 0 Å². The van der Waals surface area contributed by atoms with E-state index in [1.165, 1.54) is 4.90 Å². The largest absolute Gasteiger partial charge is 0.481 e. The molecule has 1 aromatic carbocycles. The van der Waals surface area contributed by atoms with Crippen molar-refractivity contribution in [1.82, 2.24) is 10.2 Å². The van der Waals surface area contributed by atoms with Crippen LogP contribution in [0.3, 0.4) is 0 Å². The molecule has 2 amide bonds. The number of amides is 2. The Hall–Kier alpha value is -2.61. The number of likely N-dealkylation sites (N-methyl/N-ethyl adjacent to an activating group) is 1. The summed E-state index contributed by atoms with van der Waals surface area (Å²) in [6.07, 6.45) is 0.704. The van der Waals surface area contributed by atoms with E-state index >= 15 is 0 Å². The minimum atomic E-state index is -1.07. The van der Waals surface area contributed by atoms with Crippen molar-refractivity contribution in [2.24, 2.45) is 0 Å². The van der Waals surface area contributed by atoms with Gasteiger partial charge in [-0.05, 0) is 43.5 Å². The van der Waals surface area contributed by atoms with Crippen LogP contribution < -0.4 is 10.1 Å². The number of carbonyl (C=O) groups is 3. The Morgan fingerprint density at radius 3 is 2.35 bits per heavy atom. The molecule has 0 saturated heterocycles. The van der Waals surface area contributed by atoms with Gasteiger partial charge in [0.25, 0.3) is 5.91 Å². The average Bonchev–Trinajstić information content (AvgIpc) is 2.56. The van der Waals surface area contributed by atoms with Gasteiger partial charge < -0.3 is 24.8 Å². The minimum Gasteiger partial charge on any atom is -0.481 e. The van der Waals surface area contributed by atoms with Gasteiger partial charge >= 0.3 is 5.97 Å². The van der Waals surface area contributed by atoms with E-state index in [1.54, 1.807) is 40.1 Å². The third-order valence-corrected chi connectivity index (χ3v) is 3.62. The Bertz CT molecular complexity index is 636. The highest BCUT2D eigenvalue weighted by atomic mass is 16.5. The molecule has 1 rings (SSSR count). The summed E-state index contributed by atoms with van der Waals surface area (Å²) in [5, 5.41) is 11.4. The summed E-state index contributed by atoms with van der Waals surface area (Å²) in [6.45, 7) is 4.03. The van der Waals surface area contributed by atoms with E-state index in [-0.39, 0.29) is 18.4 Å². The highest BCUT2D eigenvalue weighted by Crippen LogP contribution is 2.25. The number of methoxy groups -OCH3 is 1. The Balaban J connectivity index is 2.71. The highest BCUT2D eigenvalue weighted by molar-refractivity contribution is 5.97. The van der Waals surface area contributed by atoms with Crippen LogP contribution in [0.4, 0.5) is 0 Å². The summed E-state index contributed by atoms with van der Waals surface area (Å²) >= 11 is 0. The number of hydrogen-bond acceptors (Lipinski definition) is 5. The second-order valence-corrected chi connectivity index (χ2v) is 5.98. The van der Waals surface area contributed by atoms with Crippen LogP contribution in [0.1, 0.15) is 27.9 Å². The lowest BCUT2D eigenvalue weighted by Gasteiger charge is -2.19. The molecule has 0 bridgehead atoms. The van der Waals surface area contributed by atoms with Crippen molar-refractivity contribution in [3.63, 3.8) is 0 Å². The molecule has 0 atom stereocenters. The zero-order valence-electron chi connectivity index (χ0n) is 15.6. The molecule has 0 fully saturated rings. The van der Waals surface area contributed by atoms with E-state index in [0.717, 1.165) is 0 Å². The first-order chi connectivity index (χ1) is 12.3. The maximum Gasteiger partial charge on any atom is 0.341 e. The van der Waals surface area contributed by atoms with Gasteiger partial charge in [-0.1, -0.05) is 0 Å². The highest BCUT2D eigenvalue weighted by Gasteiger charge is 2.17. The summed E-state index contributed by atoms with van der Waals surface area (Å²) in [5.74, 6) is -1.16. The number of ether oxygens (including phenoxy) is 2. The van der Waals surface area contributed by atoms with E-state index in [9.17, 15) is 14.4 Å². The smallest absolute Gasteiger partial charge is 0.341 e. The van der Waals surface area contributed by atoms with Crippen molar-refractivity contribution in [2.75, 3.05) is 40.5 Å². The van der Waals surface area contributed by atoms with Gasteiger partial charge in [0.05, 0.1) is 6.54 Å². The van der Waals surface area contributed by atoms with Gasteiger partial charge in [0, 0.05) is 32.9 Å². The fourth-order valence-corrected chi connectivity index (χ4v) is 2.44. The summed E-state index contributed by atoms with van der Waals surface area (Å²) in [5.41, 5.74) is 1.73. The number of carboxylic acids is 1. The molecular formula is C18H26N2O6. The predicted octanol–water partition coefficient (Wildman–Crippen LogP) is 0.992. The standard InChI is InChI=1S/C18H26N2O6/c1-12-8-14(9-13(2)17(12)26-11-16(22)23)18(24)20(3)10-15(21)19-6-5-7-25-4/h8-9H,5-7,10-11H2,1-4H3,(H,19,21)(H,22,23). The quantitative estimate of drug-likeness (QED) is 0.599. The lowest BCUT2D eigenvalue weighted by molar-refractivity contribution is -0.139. The van der Waals surface area contributed by atoms with E-state index < -0.39 is 12.6 Å². The zero-order valence-corrected chi connectivity index (χ0v) is 15.6. The molecule has 8 nitrogen and oxygen atoms in total. The van der Waals surface area contributed by atoms with Gasteiger partial charge in [0.15, 0.2) is 6.61 Å². The third-order valence-electron chi connectivity index (χ3n) is 3.62. The van der Waals surface area contributed by atoms with Gasteiger partial charge in [-0.25, -0.2) is 4.79 Å². The number of benzene rings is 1. The molecule has 0 aromatic heterocycles.